The highest BCUT2D eigenvalue weighted by Crippen LogP contribution is 2.26. The Labute approximate surface area is 121 Å². The van der Waals surface area contributed by atoms with E-state index in [-0.39, 0.29) is 4.90 Å². The van der Waals surface area contributed by atoms with Gasteiger partial charge in [-0.15, -0.1) is 11.3 Å². The summed E-state index contributed by atoms with van der Waals surface area (Å²) in [7, 11) is -3.96. The number of thiazole rings is 1. The molecule has 2 rings (SSSR count). The maximum Gasteiger partial charge on any atom is 0.244 e. The van der Waals surface area contributed by atoms with Gasteiger partial charge in [-0.2, -0.15) is 4.72 Å². The average molecular weight is 314 g/mol. The first-order valence-electron chi connectivity index (χ1n) is 5.93. The first-order valence-corrected chi connectivity index (χ1v) is 8.29. The molecule has 0 spiro atoms. The molecule has 20 heavy (non-hydrogen) atoms. The fourth-order valence-corrected chi connectivity index (χ4v) is 4.39. The molecule has 0 saturated carbocycles. The number of nitrogens with one attached hydrogen (secondary N) is 1. The van der Waals surface area contributed by atoms with Crippen LogP contribution < -0.4 is 4.72 Å². The van der Waals surface area contributed by atoms with E-state index < -0.39 is 21.4 Å². The van der Waals surface area contributed by atoms with Crippen molar-refractivity contribution in [2.24, 2.45) is 0 Å². The lowest BCUT2D eigenvalue weighted by Crippen LogP contribution is -2.41. The summed E-state index contributed by atoms with van der Waals surface area (Å²) in [6.45, 7) is 4.95. The maximum absolute atomic E-state index is 13.8. The summed E-state index contributed by atoms with van der Waals surface area (Å²) in [5.74, 6) is -0.757. The Morgan fingerprint density at radius 2 is 2.05 bits per heavy atom. The van der Waals surface area contributed by atoms with Gasteiger partial charge >= 0.3 is 0 Å². The predicted molar refractivity (Wildman–Crippen MR) is 76.6 cm³/mol. The number of benzene rings is 1. The van der Waals surface area contributed by atoms with Crippen molar-refractivity contribution in [3.63, 3.8) is 0 Å². The summed E-state index contributed by atoms with van der Waals surface area (Å²) in [6, 6.07) is 4.18. The molecule has 0 bridgehead atoms. The van der Waals surface area contributed by atoms with Gasteiger partial charge in [0.15, 0.2) is 0 Å². The normalized spacial score (nSPS) is 12.6. The summed E-state index contributed by atoms with van der Waals surface area (Å²) in [4.78, 5) is 3.79. The van der Waals surface area contributed by atoms with Crippen molar-refractivity contribution in [1.82, 2.24) is 9.71 Å². The molecule has 0 aliphatic heterocycles. The number of rotatable bonds is 4. The third kappa shape index (κ3) is 2.89. The van der Waals surface area contributed by atoms with Crippen molar-refractivity contribution in [3.05, 3.63) is 46.2 Å². The van der Waals surface area contributed by atoms with E-state index in [0.29, 0.717) is 10.6 Å². The Morgan fingerprint density at radius 3 is 2.60 bits per heavy atom. The van der Waals surface area contributed by atoms with Crippen LogP contribution in [-0.4, -0.2) is 13.4 Å². The first-order chi connectivity index (χ1) is 9.24. The van der Waals surface area contributed by atoms with Gasteiger partial charge in [0.2, 0.25) is 10.0 Å². The molecule has 1 aromatic heterocycles. The van der Waals surface area contributed by atoms with Gasteiger partial charge in [-0.1, -0.05) is 12.1 Å². The summed E-state index contributed by atoms with van der Waals surface area (Å²) >= 11 is 1.34. The highest BCUT2D eigenvalue weighted by Gasteiger charge is 2.32. The fourth-order valence-electron chi connectivity index (χ4n) is 1.92. The van der Waals surface area contributed by atoms with Gasteiger partial charge in [0.05, 0.1) is 5.54 Å². The number of halogens is 1. The lowest BCUT2D eigenvalue weighted by Gasteiger charge is -2.24. The molecule has 1 N–H and O–H groups in total. The smallest absolute Gasteiger partial charge is 0.244 e. The van der Waals surface area contributed by atoms with Crippen LogP contribution in [0.5, 0.6) is 0 Å². The van der Waals surface area contributed by atoms with Gasteiger partial charge in [0, 0.05) is 11.6 Å². The lowest BCUT2D eigenvalue weighted by atomic mass is 10.1. The van der Waals surface area contributed by atoms with E-state index in [2.05, 4.69) is 9.71 Å². The molecule has 0 atom stereocenters. The number of hydrogen-bond donors (Lipinski definition) is 1. The minimum absolute atomic E-state index is 0.315. The van der Waals surface area contributed by atoms with Crippen LogP contribution in [0.1, 0.15) is 24.4 Å². The van der Waals surface area contributed by atoms with Gasteiger partial charge in [-0.25, -0.2) is 17.8 Å². The van der Waals surface area contributed by atoms with Gasteiger partial charge in [-0.3, -0.25) is 0 Å². The average Bonchev–Trinajstić information content (AvgIpc) is 2.80. The molecule has 0 aliphatic carbocycles. The van der Waals surface area contributed by atoms with Crippen LogP contribution in [0, 0.1) is 12.7 Å². The molecule has 0 radical (unpaired) electrons. The van der Waals surface area contributed by atoms with E-state index in [1.54, 1.807) is 38.4 Å². The van der Waals surface area contributed by atoms with E-state index in [1.165, 1.54) is 17.4 Å². The van der Waals surface area contributed by atoms with Gasteiger partial charge in [0.25, 0.3) is 0 Å². The lowest BCUT2D eigenvalue weighted by molar-refractivity contribution is 0.465. The Hall–Kier alpha value is -1.31. The molecular weight excluding hydrogens is 299 g/mol. The first kappa shape index (κ1) is 15.1. The van der Waals surface area contributed by atoms with Crippen LogP contribution >= 0.6 is 11.3 Å². The third-order valence-corrected chi connectivity index (χ3v) is 5.72. The number of aromatic nitrogens is 1. The van der Waals surface area contributed by atoms with Crippen LogP contribution in [0.15, 0.2) is 34.7 Å². The van der Waals surface area contributed by atoms with E-state index in [1.807, 2.05) is 0 Å². The number of hydrogen-bond acceptors (Lipinski definition) is 4. The van der Waals surface area contributed by atoms with Crippen LogP contribution in [0.4, 0.5) is 4.39 Å². The Balaban J connectivity index is 2.42. The topological polar surface area (TPSA) is 59.1 Å². The molecule has 0 fully saturated rings. The van der Waals surface area contributed by atoms with Gasteiger partial charge < -0.3 is 0 Å². The highest BCUT2D eigenvalue weighted by atomic mass is 32.2. The summed E-state index contributed by atoms with van der Waals surface area (Å²) < 4.78 is 41.2. The van der Waals surface area contributed by atoms with Crippen molar-refractivity contribution < 1.29 is 12.8 Å². The second kappa shape index (κ2) is 5.23. The van der Waals surface area contributed by atoms with Crippen molar-refractivity contribution in [2.45, 2.75) is 31.2 Å². The zero-order valence-corrected chi connectivity index (χ0v) is 13.0. The van der Waals surface area contributed by atoms with Crippen LogP contribution in [0.2, 0.25) is 0 Å². The molecule has 1 aromatic carbocycles. The second-order valence-corrected chi connectivity index (χ2v) is 7.47. The summed E-state index contributed by atoms with van der Waals surface area (Å²) in [6.07, 6.45) is 1.60. The van der Waals surface area contributed by atoms with E-state index in [0.717, 1.165) is 6.07 Å². The van der Waals surface area contributed by atoms with Crippen LogP contribution in [0.3, 0.4) is 0 Å². The standard InChI is InChI=1S/C13H15FN2O2S2/c1-9-5-4-6-10(14)11(9)20(17,18)16-13(2,3)12-15-7-8-19-12/h4-8,16H,1-3H3. The predicted octanol–water partition coefficient (Wildman–Crippen LogP) is 2.80. The number of nitrogens with zero attached hydrogens (tertiary/aromatic N) is 1. The molecular formula is C13H15FN2O2S2. The van der Waals surface area contributed by atoms with Crippen molar-refractivity contribution in [1.29, 1.82) is 0 Å². The van der Waals surface area contributed by atoms with Crippen molar-refractivity contribution in [2.75, 3.05) is 0 Å². The molecule has 7 heteroatoms. The quantitative estimate of drug-likeness (QED) is 0.944. The molecule has 0 saturated heterocycles. The van der Waals surface area contributed by atoms with Crippen molar-refractivity contribution in [3.8, 4) is 0 Å². The zero-order chi connectivity index (χ0) is 15.0. The van der Waals surface area contributed by atoms with Crippen molar-refractivity contribution >= 4 is 21.4 Å². The van der Waals surface area contributed by atoms with Gasteiger partial charge in [0.1, 0.15) is 15.7 Å². The van der Waals surface area contributed by atoms with Gasteiger partial charge in [-0.05, 0) is 32.4 Å². The van der Waals surface area contributed by atoms with Crippen LogP contribution in [-0.2, 0) is 15.6 Å². The third-order valence-electron chi connectivity index (χ3n) is 2.79. The maximum atomic E-state index is 13.8. The summed E-state index contributed by atoms with van der Waals surface area (Å²) in [5.41, 5.74) is -0.533. The minimum atomic E-state index is -3.96. The summed E-state index contributed by atoms with van der Waals surface area (Å²) in [5, 5.41) is 2.38. The second-order valence-electron chi connectivity index (χ2n) is 4.95. The van der Waals surface area contributed by atoms with E-state index in [4.69, 9.17) is 0 Å². The molecule has 4 nitrogen and oxygen atoms in total. The highest BCUT2D eigenvalue weighted by molar-refractivity contribution is 7.89. The minimum Gasteiger partial charge on any atom is -0.248 e. The molecule has 2 aromatic rings. The van der Waals surface area contributed by atoms with E-state index in [9.17, 15) is 12.8 Å². The zero-order valence-electron chi connectivity index (χ0n) is 11.3. The monoisotopic (exact) mass is 314 g/mol. The Bertz CT molecular complexity index is 690. The Morgan fingerprint density at radius 1 is 1.35 bits per heavy atom. The molecule has 1 heterocycles. The fraction of sp³-hybridized carbons (Fsp3) is 0.308. The van der Waals surface area contributed by atoms with Crippen LogP contribution in [0.25, 0.3) is 0 Å². The Kier molecular flexibility index (Phi) is 3.95. The number of sulfonamides is 1. The molecule has 0 unspecified atom stereocenters. The molecule has 108 valence electrons. The SMILES string of the molecule is Cc1cccc(F)c1S(=O)(=O)NC(C)(C)c1nccs1. The van der Waals surface area contributed by atoms with E-state index >= 15 is 0 Å². The molecule has 0 aliphatic rings. The number of aryl methyl sites for hydroxylation is 1. The largest absolute Gasteiger partial charge is 0.248 e. The molecule has 0 amide bonds.